The van der Waals surface area contributed by atoms with Gasteiger partial charge in [0.2, 0.25) is 0 Å². The van der Waals surface area contributed by atoms with Crippen molar-refractivity contribution in [3.63, 3.8) is 0 Å². The zero-order valence-corrected chi connectivity index (χ0v) is 25.8. The van der Waals surface area contributed by atoms with E-state index in [0.717, 1.165) is 66.5 Å². The lowest BCUT2D eigenvalue weighted by atomic mass is 9.90. The third-order valence-electron chi connectivity index (χ3n) is 9.40. The second-order valence-corrected chi connectivity index (χ2v) is 11.9. The Morgan fingerprint density at radius 3 is 1.44 bits per heavy atom. The van der Waals surface area contributed by atoms with E-state index in [1.165, 1.54) is 10.8 Å². The van der Waals surface area contributed by atoms with Gasteiger partial charge in [-0.25, -0.2) is 4.85 Å². The van der Waals surface area contributed by atoms with Gasteiger partial charge in [0.25, 0.3) is 0 Å². The first-order valence-electron chi connectivity index (χ1n) is 15.9. The summed E-state index contributed by atoms with van der Waals surface area (Å²) in [7, 11) is 0. The molecule has 0 unspecified atom stereocenters. The lowest BCUT2D eigenvalue weighted by molar-refractivity contribution is 1.18. The molecule has 48 heavy (non-hydrogen) atoms. The van der Waals surface area contributed by atoms with E-state index >= 15 is 0 Å². The fourth-order valence-corrected chi connectivity index (χ4v) is 7.34. The van der Waals surface area contributed by atoms with E-state index in [0.29, 0.717) is 11.3 Å². The molecule has 0 spiro atoms. The zero-order chi connectivity index (χ0) is 32.2. The molecule has 222 valence electrons. The van der Waals surface area contributed by atoms with Gasteiger partial charge in [0.15, 0.2) is 5.69 Å². The summed E-state index contributed by atoms with van der Waals surface area (Å²) in [5.74, 6) is 0. The molecule has 9 aromatic rings. The number of para-hydroxylation sites is 4. The molecule has 0 radical (unpaired) electrons. The Morgan fingerprint density at radius 1 is 0.458 bits per heavy atom. The van der Waals surface area contributed by atoms with Gasteiger partial charge in [-0.05, 0) is 53.6 Å². The summed E-state index contributed by atoms with van der Waals surface area (Å²) in [6.45, 7) is 7.85. The number of rotatable bonds is 4. The van der Waals surface area contributed by atoms with E-state index in [9.17, 15) is 5.26 Å². The molecule has 2 heterocycles. The van der Waals surface area contributed by atoms with Crippen molar-refractivity contribution in [2.45, 2.75) is 0 Å². The maximum Gasteiger partial charge on any atom is 0.189 e. The molecule has 0 bridgehead atoms. The molecule has 4 nitrogen and oxygen atoms in total. The van der Waals surface area contributed by atoms with Crippen molar-refractivity contribution in [3.05, 3.63) is 175 Å². The molecular weight excluding hydrogens is 585 g/mol. The fourth-order valence-electron chi connectivity index (χ4n) is 7.34. The van der Waals surface area contributed by atoms with Gasteiger partial charge in [-0.2, -0.15) is 5.26 Å². The van der Waals surface area contributed by atoms with Crippen LogP contribution >= 0.6 is 0 Å². The molecule has 0 fully saturated rings. The Morgan fingerprint density at radius 2 is 0.917 bits per heavy atom. The van der Waals surface area contributed by atoms with Crippen molar-refractivity contribution in [1.82, 2.24) is 9.13 Å². The van der Waals surface area contributed by atoms with Crippen LogP contribution in [0.15, 0.2) is 158 Å². The Kier molecular flexibility index (Phi) is 6.22. The summed E-state index contributed by atoms with van der Waals surface area (Å²) in [5.41, 5.74) is 11.2. The van der Waals surface area contributed by atoms with Crippen LogP contribution in [0.3, 0.4) is 0 Å². The van der Waals surface area contributed by atoms with Crippen LogP contribution in [-0.2, 0) is 0 Å². The molecule has 0 saturated heterocycles. The van der Waals surface area contributed by atoms with Gasteiger partial charge in [0.1, 0.15) is 0 Å². The highest BCUT2D eigenvalue weighted by Gasteiger charge is 2.20. The van der Waals surface area contributed by atoms with E-state index in [-0.39, 0.29) is 0 Å². The molecular formula is C44H26N4. The van der Waals surface area contributed by atoms with Crippen molar-refractivity contribution in [2.75, 3.05) is 0 Å². The smallest absolute Gasteiger partial charge is 0.189 e. The Bertz CT molecular complexity index is 2710. The maximum absolute atomic E-state index is 10.6. The maximum atomic E-state index is 10.6. The molecule has 0 aliphatic rings. The number of hydrogen-bond acceptors (Lipinski definition) is 1. The quantitative estimate of drug-likeness (QED) is 0.183. The summed E-state index contributed by atoms with van der Waals surface area (Å²) in [6, 6.07) is 56.5. The van der Waals surface area contributed by atoms with Crippen LogP contribution in [0.2, 0.25) is 0 Å². The first-order valence-corrected chi connectivity index (χ1v) is 15.9. The lowest BCUT2D eigenvalue weighted by Crippen LogP contribution is -1.99. The van der Waals surface area contributed by atoms with Crippen molar-refractivity contribution in [2.24, 2.45) is 0 Å². The molecule has 7 aromatic carbocycles. The molecule has 0 aliphatic carbocycles. The summed E-state index contributed by atoms with van der Waals surface area (Å²) in [4.78, 5) is 3.81. The normalized spacial score (nSPS) is 11.3. The van der Waals surface area contributed by atoms with Gasteiger partial charge in [-0.3, -0.25) is 0 Å². The molecule has 4 heteroatoms. The Hall–Kier alpha value is -6.88. The minimum atomic E-state index is 0.571. The molecule has 9 rings (SSSR count). The largest absolute Gasteiger partial charge is 0.310 e. The number of fused-ring (bicyclic) bond motifs is 6. The fraction of sp³-hybridized carbons (Fsp3) is 0. The first kappa shape index (κ1) is 27.4. The lowest BCUT2D eigenvalue weighted by Gasteiger charge is -2.18. The number of hydrogen-bond donors (Lipinski definition) is 0. The number of nitriles is 1. The van der Waals surface area contributed by atoms with E-state index in [1.807, 2.05) is 36.4 Å². The second-order valence-electron chi connectivity index (χ2n) is 11.9. The summed E-state index contributed by atoms with van der Waals surface area (Å²) >= 11 is 0. The van der Waals surface area contributed by atoms with Gasteiger partial charge < -0.3 is 9.13 Å². The molecule has 0 atom stereocenters. The van der Waals surface area contributed by atoms with Crippen molar-refractivity contribution in [1.29, 1.82) is 5.26 Å². The van der Waals surface area contributed by atoms with E-state index in [4.69, 9.17) is 6.57 Å². The number of nitrogens with zero attached hydrogens (tertiary/aromatic N) is 4. The van der Waals surface area contributed by atoms with Gasteiger partial charge in [-0.1, -0.05) is 115 Å². The van der Waals surface area contributed by atoms with Crippen LogP contribution in [0, 0.1) is 17.9 Å². The molecule has 0 saturated carbocycles. The predicted molar refractivity (Wildman–Crippen MR) is 197 cm³/mol. The minimum absolute atomic E-state index is 0.571. The monoisotopic (exact) mass is 610 g/mol. The average Bonchev–Trinajstić information content (AvgIpc) is 3.67. The van der Waals surface area contributed by atoms with E-state index in [2.05, 4.69) is 141 Å². The molecule has 2 aromatic heterocycles. The van der Waals surface area contributed by atoms with E-state index < -0.39 is 0 Å². The number of benzene rings is 7. The Labute approximate surface area is 277 Å². The molecule has 0 N–H and O–H groups in total. The topological polar surface area (TPSA) is 38.0 Å². The molecule has 0 aliphatic heterocycles. The van der Waals surface area contributed by atoms with Gasteiger partial charge >= 0.3 is 0 Å². The summed E-state index contributed by atoms with van der Waals surface area (Å²) < 4.78 is 4.51. The first-order chi connectivity index (χ1) is 23.7. The van der Waals surface area contributed by atoms with Crippen LogP contribution in [0.1, 0.15) is 5.56 Å². The van der Waals surface area contributed by atoms with Crippen LogP contribution in [0.25, 0.3) is 82.1 Å². The third-order valence-corrected chi connectivity index (χ3v) is 9.40. The third kappa shape index (κ3) is 4.07. The predicted octanol–water partition coefficient (Wildman–Crippen LogP) is 11.6. The van der Waals surface area contributed by atoms with Crippen molar-refractivity contribution < 1.29 is 0 Å². The Balaban J connectivity index is 1.27. The van der Waals surface area contributed by atoms with Crippen molar-refractivity contribution in [3.8, 4) is 39.7 Å². The SMILES string of the molecule is [C-]#[N+]c1ccc(-c2ccccc2-c2ccc(-n3c4ccccc4c4ccccc43)cc2C#N)c(-n2c3ccccc3c3ccccc32)c1. The van der Waals surface area contributed by atoms with Crippen LogP contribution in [0.4, 0.5) is 5.69 Å². The highest BCUT2D eigenvalue weighted by molar-refractivity contribution is 6.11. The van der Waals surface area contributed by atoms with Gasteiger partial charge in [0.05, 0.1) is 40.3 Å². The van der Waals surface area contributed by atoms with Crippen LogP contribution < -0.4 is 0 Å². The molecule has 0 amide bonds. The highest BCUT2D eigenvalue weighted by atomic mass is 15.0. The van der Waals surface area contributed by atoms with Gasteiger partial charge in [0, 0.05) is 44.0 Å². The number of aromatic nitrogens is 2. The standard InChI is InChI=1S/C44H26N4/c1-46-30-22-24-39(44(27-30)48-42-20-10-6-16-37(42)38-17-7-11-21-43(38)48)34-13-3-2-12-33(34)32-25-23-31(26-29(32)28-45)47-40-18-8-4-14-35(40)36-15-5-9-19-41(36)47/h2-27H. The van der Waals surface area contributed by atoms with E-state index in [1.54, 1.807) is 0 Å². The summed E-state index contributed by atoms with van der Waals surface area (Å²) in [5, 5.41) is 15.3. The van der Waals surface area contributed by atoms with Gasteiger partial charge in [-0.15, -0.1) is 0 Å². The van der Waals surface area contributed by atoms with Crippen molar-refractivity contribution >= 4 is 49.3 Å². The second kappa shape index (κ2) is 10.9. The minimum Gasteiger partial charge on any atom is -0.310 e. The van der Waals surface area contributed by atoms with Crippen LogP contribution in [0.5, 0.6) is 0 Å². The summed E-state index contributed by atoms with van der Waals surface area (Å²) in [6.07, 6.45) is 0. The highest BCUT2D eigenvalue weighted by Crippen LogP contribution is 2.42. The average molecular weight is 611 g/mol. The van der Waals surface area contributed by atoms with Crippen LogP contribution in [-0.4, -0.2) is 9.13 Å². The zero-order valence-electron chi connectivity index (χ0n) is 25.8.